The molecule has 0 radical (unpaired) electrons. The van der Waals surface area contributed by atoms with E-state index in [1.165, 1.54) is 0 Å². The van der Waals surface area contributed by atoms with Crippen molar-refractivity contribution in [1.82, 2.24) is 9.97 Å². The van der Waals surface area contributed by atoms with Crippen molar-refractivity contribution in [2.24, 2.45) is 11.7 Å². The molecule has 0 aliphatic carbocycles. The van der Waals surface area contributed by atoms with Crippen LogP contribution in [0.1, 0.15) is 12.8 Å². The van der Waals surface area contributed by atoms with Gasteiger partial charge in [-0.1, -0.05) is 0 Å². The molecule has 1 aromatic carbocycles. The van der Waals surface area contributed by atoms with E-state index in [1.807, 2.05) is 35.2 Å². The number of hydrogen-bond donors (Lipinski definition) is 2. The number of benzene rings is 1. The normalized spacial score (nSPS) is 15.3. The predicted octanol–water partition coefficient (Wildman–Crippen LogP) is 3.08. The molecule has 0 bridgehead atoms. The minimum Gasteiger partial charge on any atom is -0.497 e. The molecule has 0 saturated carbocycles. The lowest BCUT2D eigenvalue weighted by Gasteiger charge is -2.31. The van der Waals surface area contributed by atoms with Gasteiger partial charge in [0.05, 0.1) is 18.4 Å². The summed E-state index contributed by atoms with van der Waals surface area (Å²) in [6, 6.07) is 11.1. The number of carbonyl (C=O) groups excluding carboxylic acids is 1. The van der Waals surface area contributed by atoms with Gasteiger partial charge in [-0.05, 0) is 49.2 Å². The van der Waals surface area contributed by atoms with Gasteiger partial charge in [0, 0.05) is 29.9 Å². The molecule has 1 amide bonds. The Morgan fingerprint density at radius 1 is 1.26 bits per heavy atom. The maximum atomic E-state index is 14.7. The first kappa shape index (κ1) is 17.3. The van der Waals surface area contributed by atoms with Crippen molar-refractivity contribution in [3.63, 3.8) is 0 Å². The molecule has 7 heteroatoms. The van der Waals surface area contributed by atoms with Crippen LogP contribution in [0.3, 0.4) is 0 Å². The summed E-state index contributed by atoms with van der Waals surface area (Å²) in [6.45, 7) is 1.29. The number of halogens is 1. The molecule has 140 valence electrons. The van der Waals surface area contributed by atoms with Gasteiger partial charge in [0.15, 0.2) is 0 Å². The number of hydrogen-bond acceptors (Lipinski definition) is 4. The molecule has 1 fully saturated rings. The Balaban J connectivity index is 1.58. The molecule has 27 heavy (non-hydrogen) atoms. The number of aromatic amines is 1. The van der Waals surface area contributed by atoms with E-state index in [9.17, 15) is 9.18 Å². The van der Waals surface area contributed by atoms with E-state index in [-0.39, 0.29) is 11.8 Å². The van der Waals surface area contributed by atoms with Gasteiger partial charge in [0.1, 0.15) is 11.6 Å². The van der Waals surface area contributed by atoms with Gasteiger partial charge in [0.2, 0.25) is 11.9 Å². The smallest absolute Gasteiger partial charge is 0.224 e. The second-order valence-electron chi connectivity index (χ2n) is 6.81. The van der Waals surface area contributed by atoms with Crippen molar-refractivity contribution < 1.29 is 13.9 Å². The zero-order valence-electron chi connectivity index (χ0n) is 15.0. The summed E-state index contributed by atoms with van der Waals surface area (Å²) >= 11 is 0. The third kappa shape index (κ3) is 3.32. The number of carbonyl (C=O) groups is 1. The first-order valence-corrected chi connectivity index (χ1v) is 8.93. The molecule has 3 N–H and O–H groups in total. The number of aromatic nitrogens is 2. The van der Waals surface area contributed by atoms with Crippen LogP contribution in [0.15, 0.2) is 36.4 Å². The SMILES string of the molecule is COc1ccc2[nH]c(-c3ccc(N4CCC(C(N)=O)CC4)nc3F)cc2c1. The third-order valence-corrected chi connectivity index (χ3v) is 5.17. The number of fused-ring (bicyclic) bond motifs is 1. The zero-order valence-corrected chi connectivity index (χ0v) is 15.0. The maximum Gasteiger partial charge on any atom is 0.224 e. The van der Waals surface area contributed by atoms with Gasteiger partial charge < -0.3 is 20.4 Å². The number of anilines is 1. The summed E-state index contributed by atoms with van der Waals surface area (Å²) in [4.78, 5) is 20.6. The first-order chi connectivity index (χ1) is 13.0. The number of nitrogens with zero attached hydrogens (tertiary/aromatic N) is 2. The van der Waals surface area contributed by atoms with E-state index < -0.39 is 5.95 Å². The molecular weight excluding hydrogens is 347 g/mol. The van der Waals surface area contributed by atoms with E-state index in [1.54, 1.807) is 13.2 Å². The van der Waals surface area contributed by atoms with Crippen molar-refractivity contribution in [2.45, 2.75) is 12.8 Å². The van der Waals surface area contributed by atoms with Crippen molar-refractivity contribution in [2.75, 3.05) is 25.1 Å². The summed E-state index contributed by atoms with van der Waals surface area (Å²) < 4.78 is 19.9. The lowest BCUT2D eigenvalue weighted by atomic mass is 9.96. The highest BCUT2D eigenvalue weighted by atomic mass is 19.1. The number of primary amides is 1. The van der Waals surface area contributed by atoms with E-state index >= 15 is 0 Å². The third-order valence-electron chi connectivity index (χ3n) is 5.17. The molecule has 0 unspecified atom stereocenters. The standard InChI is InChI=1S/C20H21FN4O2/c1-27-14-2-4-16-13(10-14)11-17(23-16)15-3-5-18(24-19(15)21)25-8-6-12(7-9-25)20(22)26/h2-5,10-12,23H,6-9H2,1H3,(H2,22,26). The van der Waals surface area contributed by atoms with Crippen LogP contribution in [0.4, 0.5) is 10.2 Å². The molecular formula is C20H21FN4O2. The van der Waals surface area contributed by atoms with Crippen LogP contribution >= 0.6 is 0 Å². The molecule has 6 nitrogen and oxygen atoms in total. The fourth-order valence-electron chi connectivity index (χ4n) is 3.58. The number of piperidine rings is 1. The average molecular weight is 368 g/mol. The lowest BCUT2D eigenvalue weighted by molar-refractivity contribution is -0.122. The van der Waals surface area contributed by atoms with Crippen molar-refractivity contribution in [3.8, 4) is 17.0 Å². The molecule has 3 aromatic rings. The summed E-state index contributed by atoms with van der Waals surface area (Å²) in [6.07, 6.45) is 1.34. The van der Waals surface area contributed by atoms with Crippen LogP contribution in [0.5, 0.6) is 5.75 Å². The van der Waals surface area contributed by atoms with Crippen LogP contribution in [0.2, 0.25) is 0 Å². The van der Waals surface area contributed by atoms with Gasteiger partial charge in [-0.2, -0.15) is 4.39 Å². The number of methoxy groups -OCH3 is 1. The summed E-state index contributed by atoms with van der Waals surface area (Å²) in [5.74, 6) is 0.439. The number of nitrogens with one attached hydrogen (secondary N) is 1. The second kappa shape index (κ2) is 6.90. The van der Waals surface area contributed by atoms with Gasteiger partial charge in [-0.25, -0.2) is 4.98 Å². The van der Waals surface area contributed by atoms with Gasteiger partial charge in [-0.3, -0.25) is 4.79 Å². The molecule has 1 aliphatic rings. The Morgan fingerprint density at radius 3 is 2.70 bits per heavy atom. The van der Waals surface area contributed by atoms with E-state index in [2.05, 4.69) is 9.97 Å². The lowest BCUT2D eigenvalue weighted by Crippen LogP contribution is -2.39. The highest BCUT2D eigenvalue weighted by molar-refractivity contribution is 5.87. The van der Waals surface area contributed by atoms with E-state index in [4.69, 9.17) is 10.5 Å². The topological polar surface area (TPSA) is 84.2 Å². The average Bonchev–Trinajstić information content (AvgIpc) is 3.10. The molecule has 4 rings (SSSR count). The van der Waals surface area contributed by atoms with Crippen LogP contribution in [0.25, 0.3) is 22.2 Å². The Bertz CT molecular complexity index is 993. The van der Waals surface area contributed by atoms with Gasteiger partial charge in [0.25, 0.3) is 0 Å². The molecule has 2 aromatic heterocycles. The quantitative estimate of drug-likeness (QED) is 0.693. The first-order valence-electron chi connectivity index (χ1n) is 8.93. The van der Waals surface area contributed by atoms with Crippen molar-refractivity contribution in [1.29, 1.82) is 0 Å². The minimum absolute atomic E-state index is 0.103. The number of amides is 1. The van der Waals surface area contributed by atoms with E-state index in [0.29, 0.717) is 43.0 Å². The highest BCUT2D eigenvalue weighted by Crippen LogP contribution is 2.30. The molecule has 0 spiro atoms. The van der Waals surface area contributed by atoms with Crippen LogP contribution < -0.4 is 15.4 Å². The monoisotopic (exact) mass is 368 g/mol. The Kier molecular flexibility index (Phi) is 4.43. The van der Waals surface area contributed by atoms with Crippen molar-refractivity contribution in [3.05, 3.63) is 42.3 Å². The van der Waals surface area contributed by atoms with Gasteiger partial charge >= 0.3 is 0 Å². The predicted molar refractivity (Wildman–Crippen MR) is 102 cm³/mol. The molecule has 1 saturated heterocycles. The molecule has 1 aliphatic heterocycles. The fraction of sp³-hybridized carbons (Fsp3) is 0.300. The number of H-pyrrole nitrogens is 1. The zero-order chi connectivity index (χ0) is 19.0. The Morgan fingerprint density at radius 2 is 2.04 bits per heavy atom. The fourth-order valence-corrected chi connectivity index (χ4v) is 3.58. The summed E-state index contributed by atoms with van der Waals surface area (Å²) in [5.41, 5.74) is 7.36. The number of ether oxygens (including phenoxy) is 1. The number of rotatable bonds is 4. The summed E-state index contributed by atoms with van der Waals surface area (Å²) in [5, 5.41) is 0.946. The van der Waals surface area contributed by atoms with E-state index in [0.717, 1.165) is 16.7 Å². The number of pyridine rings is 1. The second-order valence-corrected chi connectivity index (χ2v) is 6.81. The van der Waals surface area contributed by atoms with Crippen molar-refractivity contribution >= 4 is 22.6 Å². The van der Waals surface area contributed by atoms with Crippen LogP contribution in [-0.4, -0.2) is 36.1 Å². The Hall–Kier alpha value is -3.09. The maximum absolute atomic E-state index is 14.7. The molecule has 0 atom stereocenters. The minimum atomic E-state index is -0.525. The highest BCUT2D eigenvalue weighted by Gasteiger charge is 2.24. The van der Waals surface area contributed by atoms with Crippen LogP contribution in [0, 0.1) is 11.9 Å². The Labute approximate surface area is 156 Å². The van der Waals surface area contributed by atoms with Crippen LogP contribution in [-0.2, 0) is 4.79 Å². The largest absolute Gasteiger partial charge is 0.497 e. The summed E-state index contributed by atoms with van der Waals surface area (Å²) in [7, 11) is 1.61. The van der Waals surface area contributed by atoms with Gasteiger partial charge in [-0.15, -0.1) is 0 Å². The molecule has 3 heterocycles. The number of nitrogens with two attached hydrogens (primary N) is 1.